The number of sulfonamides is 1. The van der Waals surface area contributed by atoms with E-state index in [0.717, 1.165) is 22.0 Å². The highest BCUT2D eigenvalue weighted by molar-refractivity contribution is 7.90. The Labute approximate surface area is 443 Å². The predicted octanol–water partition coefficient (Wildman–Crippen LogP) is -1.52. The molecule has 7 amide bonds. The maximum atomic E-state index is 13.8. The molecule has 0 saturated carbocycles. The average Bonchev–Trinajstić information content (AvgIpc) is 3.78. The Morgan fingerprint density at radius 3 is 1.96 bits per heavy atom. The normalized spacial score (nSPS) is 14.2. The lowest BCUT2D eigenvalue weighted by atomic mass is 9.88. The van der Waals surface area contributed by atoms with Crippen molar-refractivity contribution in [1.82, 2.24) is 46.9 Å². The fourth-order valence-electron chi connectivity index (χ4n) is 8.39. The van der Waals surface area contributed by atoms with Crippen molar-refractivity contribution in [2.75, 3.05) is 72.2 Å². The van der Waals surface area contributed by atoms with E-state index in [4.69, 9.17) is 31.4 Å². The smallest absolute Gasteiger partial charge is 0.264 e. The SMILES string of the molecule is CC(=O)N[C@@H](Cc1c[nH]c2ccccc12)C(=O)NCC(=O)N[C@@H](CCCN=C(N)NS(=O)(=O)c1c(C)c(C)c2c(c1C)CCC(C)(C)O2)C(=O)NCC(=O)N[C@@H](CCCN)C(=O)NCC(=O)NCCOCCOCCN. The molecule has 2 aromatic carbocycles. The summed E-state index contributed by atoms with van der Waals surface area (Å²) in [6.07, 6.45) is 3.52. The highest BCUT2D eigenvalue weighted by Crippen LogP contribution is 2.42. The Morgan fingerprint density at radius 2 is 1.34 bits per heavy atom. The minimum atomic E-state index is -4.23. The zero-order valence-electron chi connectivity index (χ0n) is 44.3. The van der Waals surface area contributed by atoms with Crippen LogP contribution in [0.2, 0.25) is 0 Å². The average molecular weight is 1080 g/mol. The van der Waals surface area contributed by atoms with E-state index >= 15 is 0 Å². The number of guanidine groups is 1. The summed E-state index contributed by atoms with van der Waals surface area (Å²) < 4.78 is 46.8. The summed E-state index contributed by atoms with van der Waals surface area (Å²) in [5, 5.41) is 18.6. The lowest BCUT2D eigenvalue weighted by molar-refractivity contribution is -0.132. The van der Waals surface area contributed by atoms with Gasteiger partial charge in [0.15, 0.2) is 0 Å². The topological polar surface area (TPSA) is 384 Å². The number of aromatic nitrogens is 1. The fourth-order valence-corrected chi connectivity index (χ4v) is 9.92. The molecular formula is C50H77N13O12S. The Hall–Kier alpha value is -6.87. The number of hydrogen-bond acceptors (Lipinski definition) is 15. The molecule has 0 fully saturated rings. The van der Waals surface area contributed by atoms with Crippen molar-refractivity contribution in [1.29, 1.82) is 0 Å². The van der Waals surface area contributed by atoms with Gasteiger partial charge in [-0.1, -0.05) is 18.2 Å². The van der Waals surface area contributed by atoms with Gasteiger partial charge >= 0.3 is 0 Å². The third-order valence-corrected chi connectivity index (χ3v) is 14.0. The summed E-state index contributed by atoms with van der Waals surface area (Å²) in [4.78, 5) is 98.8. The standard InChI is InChI=1S/C50H77N13O12S/c1-30-31(2)45(32(3)35-15-16-50(5,6)75-44(30)35)76(71,72)63-49(53)55-19-10-14-39(62-43(67)29-59-48(70)40(60-33(4)64)25-34-26-56-37-12-8-7-11-36(34)37)47(69)58-28-42(66)61-38(13-9-17-51)46(68)57-27-41(65)54-20-22-74-24-23-73-21-18-52/h7-8,11-12,26,38-40,56H,9-10,13-25,27-29,51-52H2,1-6H3,(H,54,65)(H,57,68)(H,58,69)(H,59,70)(H,60,64)(H,61,66)(H,62,67)(H3,53,55,63)/t38-,39-,40-/m0/s1. The molecule has 0 spiro atoms. The molecule has 15 N–H and O–H groups in total. The quantitative estimate of drug-likeness (QED) is 0.0198. The first-order chi connectivity index (χ1) is 36.1. The van der Waals surface area contributed by atoms with E-state index in [1.54, 1.807) is 27.0 Å². The maximum Gasteiger partial charge on any atom is 0.264 e. The van der Waals surface area contributed by atoms with Crippen molar-refractivity contribution in [2.24, 2.45) is 22.2 Å². The molecule has 76 heavy (non-hydrogen) atoms. The van der Waals surface area contributed by atoms with E-state index in [2.05, 4.69) is 51.9 Å². The molecule has 0 aliphatic carbocycles. The van der Waals surface area contributed by atoms with Crippen LogP contribution < -0.4 is 63.9 Å². The van der Waals surface area contributed by atoms with Crippen LogP contribution >= 0.6 is 0 Å². The minimum Gasteiger partial charge on any atom is -0.487 e. The molecule has 1 aromatic heterocycles. The lowest BCUT2D eigenvalue weighted by Gasteiger charge is -2.35. The monoisotopic (exact) mass is 1080 g/mol. The van der Waals surface area contributed by atoms with E-state index in [-0.39, 0.29) is 56.8 Å². The number of carbonyl (C=O) groups is 7. The van der Waals surface area contributed by atoms with E-state index < -0.39 is 101 Å². The number of aromatic amines is 1. The molecule has 0 radical (unpaired) electrons. The van der Waals surface area contributed by atoms with Crippen molar-refractivity contribution < 1.29 is 56.2 Å². The number of rotatable bonds is 31. The van der Waals surface area contributed by atoms with Crippen molar-refractivity contribution >= 4 is 68.2 Å². The van der Waals surface area contributed by atoms with Crippen LogP contribution in [0.3, 0.4) is 0 Å². The Balaban J connectivity index is 1.40. The van der Waals surface area contributed by atoms with Crippen LogP contribution in [0.25, 0.3) is 10.9 Å². The molecule has 3 aromatic rings. The molecular weight excluding hydrogens is 1010 g/mol. The lowest BCUT2D eigenvalue weighted by Crippen LogP contribution is -2.54. The summed E-state index contributed by atoms with van der Waals surface area (Å²) in [5.74, 6) is -4.48. The first kappa shape index (κ1) is 61.7. The van der Waals surface area contributed by atoms with Crippen LogP contribution in [-0.4, -0.2) is 157 Å². The number of fused-ring (bicyclic) bond motifs is 2. The molecule has 25 nitrogen and oxygen atoms in total. The number of amides is 7. The number of H-pyrrole nitrogens is 1. The fraction of sp³-hybridized carbons (Fsp3) is 0.560. The Kier molecular flexibility index (Phi) is 24.4. The van der Waals surface area contributed by atoms with Gasteiger partial charge in [0.1, 0.15) is 29.5 Å². The molecule has 3 atom stereocenters. The number of benzene rings is 2. The predicted molar refractivity (Wildman–Crippen MR) is 284 cm³/mol. The zero-order valence-corrected chi connectivity index (χ0v) is 45.1. The van der Waals surface area contributed by atoms with Crippen molar-refractivity contribution in [3.63, 3.8) is 0 Å². The van der Waals surface area contributed by atoms with E-state index in [1.807, 2.05) is 38.1 Å². The Morgan fingerprint density at radius 1 is 0.750 bits per heavy atom. The van der Waals surface area contributed by atoms with Gasteiger partial charge in [-0.15, -0.1) is 0 Å². The molecule has 1 aliphatic heterocycles. The number of ether oxygens (including phenoxy) is 3. The highest BCUT2D eigenvalue weighted by Gasteiger charge is 2.34. The summed E-state index contributed by atoms with van der Waals surface area (Å²) in [5.41, 5.74) is 20.9. The molecule has 0 bridgehead atoms. The number of aliphatic imine (C=N–C) groups is 1. The van der Waals surface area contributed by atoms with Gasteiger partial charge in [0.25, 0.3) is 10.0 Å². The summed E-state index contributed by atoms with van der Waals surface area (Å²) in [6.45, 7) is 10.7. The maximum absolute atomic E-state index is 13.8. The zero-order chi connectivity index (χ0) is 56.0. The number of nitrogens with zero attached hydrogens (tertiary/aromatic N) is 1. The largest absolute Gasteiger partial charge is 0.487 e. The summed E-state index contributed by atoms with van der Waals surface area (Å²) in [7, 11) is -4.23. The van der Waals surface area contributed by atoms with Gasteiger partial charge in [-0.3, -0.25) is 38.6 Å². The number of hydrogen-bond donors (Lipinski definition) is 12. The van der Waals surface area contributed by atoms with E-state index in [1.165, 1.54) is 6.92 Å². The highest BCUT2D eigenvalue weighted by atomic mass is 32.2. The van der Waals surface area contributed by atoms with Gasteiger partial charge in [-0.05, 0) is 114 Å². The van der Waals surface area contributed by atoms with Gasteiger partial charge in [0, 0.05) is 50.1 Å². The van der Waals surface area contributed by atoms with Crippen LogP contribution in [0.1, 0.15) is 80.7 Å². The molecule has 420 valence electrons. The first-order valence-electron chi connectivity index (χ1n) is 25.3. The van der Waals surface area contributed by atoms with Gasteiger partial charge in [0.05, 0.1) is 51.0 Å². The van der Waals surface area contributed by atoms with Crippen LogP contribution in [-0.2, 0) is 65.9 Å². The van der Waals surface area contributed by atoms with Gasteiger partial charge in [-0.2, -0.15) is 0 Å². The van der Waals surface area contributed by atoms with Crippen molar-refractivity contribution in [2.45, 2.75) is 115 Å². The second kappa shape index (κ2) is 30.0. The molecule has 0 saturated heterocycles. The van der Waals surface area contributed by atoms with Crippen LogP contribution in [0, 0.1) is 20.8 Å². The minimum absolute atomic E-state index is 0.0594. The first-order valence-corrected chi connectivity index (χ1v) is 26.8. The van der Waals surface area contributed by atoms with Crippen LogP contribution in [0.4, 0.5) is 0 Å². The molecule has 0 unspecified atom stereocenters. The van der Waals surface area contributed by atoms with Crippen LogP contribution in [0.15, 0.2) is 40.4 Å². The van der Waals surface area contributed by atoms with Gasteiger partial charge < -0.3 is 73.6 Å². The molecule has 26 heteroatoms. The van der Waals surface area contributed by atoms with Gasteiger partial charge in [0.2, 0.25) is 47.3 Å². The number of nitrogens with two attached hydrogens (primary N) is 3. The molecule has 1 aliphatic rings. The third-order valence-electron chi connectivity index (χ3n) is 12.4. The second-order valence-electron chi connectivity index (χ2n) is 18.9. The third kappa shape index (κ3) is 19.4. The number of nitrogens with one attached hydrogen (secondary N) is 9. The van der Waals surface area contributed by atoms with E-state index in [9.17, 15) is 42.0 Å². The molecule has 2 heterocycles. The number of carbonyl (C=O) groups excluding carboxylic acids is 7. The summed E-state index contributed by atoms with van der Waals surface area (Å²) in [6, 6.07) is 3.90. The Bertz CT molecular complexity index is 2660. The van der Waals surface area contributed by atoms with Crippen LogP contribution in [0.5, 0.6) is 5.75 Å². The summed E-state index contributed by atoms with van der Waals surface area (Å²) >= 11 is 0. The van der Waals surface area contributed by atoms with Crippen molar-refractivity contribution in [3.05, 3.63) is 58.3 Å². The van der Waals surface area contributed by atoms with Gasteiger partial charge in [-0.25, -0.2) is 13.1 Å². The second-order valence-corrected chi connectivity index (χ2v) is 20.5. The molecule has 4 rings (SSSR count). The number of para-hydroxylation sites is 1. The van der Waals surface area contributed by atoms with Crippen molar-refractivity contribution in [3.8, 4) is 5.75 Å². The van der Waals surface area contributed by atoms with E-state index in [0.29, 0.717) is 68.1 Å².